The van der Waals surface area contributed by atoms with Gasteiger partial charge >= 0.3 is 0 Å². The van der Waals surface area contributed by atoms with Gasteiger partial charge in [-0.2, -0.15) is 0 Å². The molecule has 2 aromatic rings. The summed E-state index contributed by atoms with van der Waals surface area (Å²) in [5.41, 5.74) is 3.71. The molecule has 3 heteroatoms. The number of nitrogens with zero attached hydrogens (tertiary/aromatic N) is 1. The van der Waals surface area contributed by atoms with Crippen molar-refractivity contribution in [3.05, 3.63) is 28.5 Å². The van der Waals surface area contributed by atoms with E-state index in [1.165, 1.54) is 17.5 Å². The normalized spacial score (nSPS) is 24.7. The van der Waals surface area contributed by atoms with E-state index in [1.54, 1.807) is 0 Å². The smallest absolute Gasteiger partial charge is 0.178 e. The van der Waals surface area contributed by atoms with Crippen LogP contribution < -0.4 is 0 Å². The van der Waals surface area contributed by atoms with Crippen molar-refractivity contribution in [2.75, 3.05) is 0 Å². The Morgan fingerprint density at radius 3 is 2.87 bits per heavy atom. The molecule has 0 spiro atoms. The third kappa shape index (κ3) is 1.34. The molecular formula is C12H14N2S. The van der Waals surface area contributed by atoms with E-state index in [4.69, 9.17) is 12.2 Å². The fourth-order valence-electron chi connectivity index (χ4n) is 2.22. The second-order valence-corrected chi connectivity index (χ2v) is 4.99. The minimum absolute atomic E-state index is 0.619. The van der Waals surface area contributed by atoms with Crippen LogP contribution in [0.2, 0.25) is 0 Å². The van der Waals surface area contributed by atoms with E-state index in [9.17, 15) is 0 Å². The van der Waals surface area contributed by atoms with Crippen molar-refractivity contribution >= 4 is 23.3 Å². The predicted octanol–water partition coefficient (Wildman–Crippen LogP) is 3.59. The van der Waals surface area contributed by atoms with E-state index in [0.29, 0.717) is 6.04 Å². The van der Waals surface area contributed by atoms with Crippen LogP contribution >= 0.6 is 12.2 Å². The van der Waals surface area contributed by atoms with E-state index >= 15 is 0 Å². The Labute approximate surface area is 93.9 Å². The van der Waals surface area contributed by atoms with Crippen LogP contribution in [0.1, 0.15) is 24.9 Å². The van der Waals surface area contributed by atoms with Crippen LogP contribution in [0.3, 0.4) is 0 Å². The molecular weight excluding hydrogens is 204 g/mol. The average Bonchev–Trinajstić information content (AvgIpc) is 2.78. The lowest BCUT2D eigenvalue weighted by Crippen LogP contribution is -1.95. The van der Waals surface area contributed by atoms with Gasteiger partial charge in [-0.05, 0) is 49.2 Å². The molecule has 1 aliphatic rings. The monoisotopic (exact) mass is 218 g/mol. The summed E-state index contributed by atoms with van der Waals surface area (Å²) in [6, 6.07) is 7.07. The highest BCUT2D eigenvalue weighted by molar-refractivity contribution is 7.71. The van der Waals surface area contributed by atoms with Crippen LogP contribution in [-0.2, 0) is 0 Å². The number of aromatic amines is 1. The van der Waals surface area contributed by atoms with Gasteiger partial charge in [0, 0.05) is 6.04 Å². The van der Waals surface area contributed by atoms with Crippen LogP contribution in [-0.4, -0.2) is 9.55 Å². The highest BCUT2D eigenvalue weighted by Gasteiger charge is 2.35. The fraction of sp³-hybridized carbons (Fsp3) is 0.417. The molecule has 0 bridgehead atoms. The molecule has 1 heterocycles. The first kappa shape index (κ1) is 9.16. The molecule has 1 aromatic heterocycles. The van der Waals surface area contributed by atoms with Gasteiger partial charge in [-0.3, -0.25) is 0 Å². The van der Waals surface area contributed by atoms with Crippen molar-refractivity contribution in [3.8, 4) is 0 Å². The zero-order valence-electron chi connectivity index (χ0n) is 8.95. The minimum Gasteiger partial charge on any atom is -0.331 e. The lowest BCUT2D eigenvalue weighted by Gasteiger charge is -2.02. The van der Waals surface area contributed by atoms with Gasteiger partial charge in [-0.15, -0.1) is 0 Å². The second-order valence-electron chi connectivity index (χ2n) is 4.60. The molecule has 1 saturated carbocycles. The molecule has 1 N–H and O–H groups in total. The number of rotatable bonds is 1. The molecule has 15 heavy (non-hydrogen) atoms. The second kappa shape index (κ2) is 2.95. The van der Waals surface area contributed by atoms with Gasteiger partial charge in [0.2, 0.25) is 0 Å². The molecule has 0 radical (unpaired) electrons. The first-order chi connectivity index (χ1) is 7.16. The van der Waals surface area contributed by atoms with Gasteiger partial charge in [-0.25, -0.2) is 0 Å². The first-order valence-electron chi connectivity index (χ1n) is 5.37. The van der Waals surface area contributed by atoms with Gasteiger partial charge in [0.1, 0.15) is 0 Å². The summed E-state index contributed by atoms with van der Waals surface area (Å²) in [6.45, 7) is 4.40. The molecule has 2 atom stereocenters. The number of H-pyrrole nitrogens is 1. The van der Waals surface area contributed by atoms with Crippen molar-refractivity contribution in [2.45, 2.75) is 26.3 Å². The van der Waals surface area contributed by atoms with Crippen LogP contribution in [0.25, 0.3) is 11.0 Å². The summed E-state index contributed by atoms with van der Waals surface area (Å²) >= 11 is 5.37. The molecule has 0 saturated heterocycles. The lowest BCUT2D eigenvalue weighted by atomic mass is 10.2. The van der Waals surface area contributed by atoms with Crippen LogP contribution in [0.4, 0.5) is 0 Å². The van der Waals surface area contributed by atoms with E-state index in [-0.39, 0.29) is 0 Å². The third-order valence-corrected chi connectivity index (χ3v) is 3.57. The van der Waals surface area contributed by atoms with Gasteiger partial charge in [0.05, 0.1) is 11.0 Å². The average molecular weight is 218 g/mol. The maximum atomic E-state index is 5.37. The summed E-state index contributed by atoms with van der Waals surface area (Å²) in [5.74, 6) is 0.774. The van der Waals surface area contributed by atoms with E-state index in [1.807, 2.05) is 0 Å². The van der Waals surface area contributed by atoms with Crippen molar-refractivity contribution in [3.63, 3.8) is 0 Å². The summed E-state index contributed by atoms with van der Waals surface area (Å²) in [5, 5.41) is 0. The van der Waals surface area contributed by atoms with Crippen molar-refractivity contribution < 1.29 is 0 Å². The summed E-state index contributed by atoms with van der Waals surface area (Å²) < 4.78 is 3.15. The van der Waals surface area contributed by atoms with E-state index < -0.39 is 0 Å². The van der Waals surface area contributed by atoms with Crippen molar-refractivity contribution in [1.29, 1.82) is 0 Å². The van der Waals surface area contributed by atoms with Gasteiger partial charge < -0.3 is 9.55 Å². The van der Waals surface area contributed by atoms with Gasteiger partial charge in [-0.1, -0.05) is 13.0 Å². The highest BCUT2D eigenvalue weighted by atomic mass is 32.1. The molecule has 1 fully saturated rings. The van der Waals surface area contributed by atoms with Gasteiger partial charge in [0.15, 0.2) is 4.77 Å². The predicted molar refractivity (Wildman–Crippen MR) is 64.7 cm³/mol. The highest BCUT2D eigenvalue weighted by Crippen LogP contribution is 2.44. The number of hydrogen-bond donors (Lipinski definition) is 1. The van der Waals surface area contributed by atoms with Gasteiger partial charge in [0.25, 0.3) is 0 Å². The molecule has 2 nitrogen and oxygen atoms in total. The van der Waals surface area contributed by atoms with Crippen LogP contribution in [0, 0.1) is 17.6 Å². The lowest BCUT2D eigenvalue weighted by molar-refractivity contribution is 0.695. The zero-order chi connectivity index (χ0) is 10.6. The Balaban J connectivity index is 2.31. The van der Waals surface area contributed by atoms with Crippen LogP contribution in [0.15, 0.2) is 18.2 Å². The Morgan fingerprint density at radius 2 is 2.20 bits per heavy atom. The number of hydrogen-bond acceptors (Lipinski definition) is 1. The molecule has 78 valence electrons. The number of nitrogens with one attached hydrogen (secondary N) is 1. The van der Waals surface area contributed by atoms with Crippen molar-refractivity contribution in [1.82, 2.24) is 9.55 Å². The van der Waals surface area contributed by atoms with Crippen LogP contribution in [0.5, 0.6) is 0 Å². The fourth-order valence-corrected chi connectivity index (χ4v) is 2.57. The number of benzene rings is 1. The third-order valence-electron chi connectivity index (χ3n) is 3.27. The summed E-state index contributed by atoms with van der Waals surface area (Å²) in [6.07, 6.45) is 1.26. The summed E-state index contributed by atoms with van der Waals surface area (Å²) in [7, 11) is 0. The maximum Gasteiger partial charge on any atom is 0.178 e. The summed E-state index contributed by atoms with van der Waals surface area (Å²) in [4.78, 5) is 3.27. The van der Waals surface area contributed by atoms with E-state index in [2.05, 4.69) is 41.6 Å². The Morgan fingerprint density at radius 1 is 1.47 bits per heavy atom. The number of fused-ring (bicyclic) bond motifs is 1. The molecule has 2 unspecified atom stereocenters. The molecule has 0 amide bonds. The quantitative estimate of drug-likeness (QED) is 0.725. The van der Waals surface area contributed by atoms with E-state index in [0.717, 1.165) is 16.2 Å². The number of imidazole rings is 1. The standard InChI is InChI=1S/C12H14N2S/c1-7-3-4-9-11(5-7)14(12(15)13-9)10-6-8(10)2/h3-5,8,10H,6H2,1-2H3,(H,13,15). The number of aryl methyl sites for hydroxylation is 1. The molecule has 3 rings (SSSR count). The largest absolute Gasteiger partial charge is 0.331 e. The maximum absolute atomic E-state index is 5.37. The molecule has 1 aromatic carbocycles. The Bertz CT molecular complexity index is 579. The number of aromatic nitrogens is 2. The Hall–Kier alpha value is -1.09. The van der Waals surface area contributed by atoms with Crippen molar-refractivity contribution in [2.24, 2.45) is 5.92 Å². The zero-order valence-corrected chi connectivity index (χ0v) is 9.77. The Kier molecular flexibility index (Phi) is 1.80. The first-order valence-corrected chi connectivity index (χ1v) is 5.78. The SMILES string of the molecule is Cc1ccc2[nH]c(=S)n(C3CC3C)c2c1. The topological polar surface area (TPSA) is 20.7 Å². The molecule has 0 aliphatic heterocycles. The minimum atomic E-state index is 0.619. The molecule has 1 aliphatic carbocycles.